The van der Waals surface area contributed by atoms with Crippen molar-refractivity contribution >= 4 is 35.2 Å². The Morgan fingerprint density at radius 2 is 1.86 bits per heavy atom. The van der Waals surface area contributed by atoms with Crippen molar-refractivity contribution in [2.45, 2.75) is 13.0 Å². The van der Waals surface area contributed by atoms with Gasteiger partial charge in [-0.15, -0.1) is 0 Å². The number of carbonyl (C=O) groups is 3. The summed E-state index contributed by atoms with van der Waals surface area (Å²) < 4.78 is 5.26. The summed E-state index contributed by atoms with van der Waals surface area (Å²) in [6, 6.07) is 10.6. The van der Waals surface area contributed by atoms with E-state index in [1.807, 2.05) is 0 Å². The first-order valence-electron chi connectivity index (χ1n) is 8.12. The van der Waals surface area contributed by atoms with Gasteiger partial charge in [0.25, 0.3) is 11.6 Å². The molecule has 0 aliphatic rings. The lowest BCUT2D eigenvalue weighted by Crippen LogP contribution is -2.42. The highest BCUT2D eigenvalue weighted by Gasteiger charge is 2.28. The number of esters is 1. The van der Waals surface area contributed by atoms with Crippen LogP contribution in [0.5, 0.6) is 0 Å². The third-order valence-corrected chi connectivity index (χ3v) is 3.84. The normalized spacial score (nSPS) is 11.2. The first-order chi connectivity index (χ1) is 13.3. The maximum absolute atomic E-state index is 12.5. The second-order valence-electron chi connectivity index (χ2n) is 5.47. The number of nitrogens with zero attached hydrogens (tertiary/aromatic N) is 1. The van der Waals surface area contributed by atoms with Crippen molar-refractivity contribution in [3.8, 4) is 0 Å². The zero-order valence-electron chi connectivity index (χ0n) is 14.7. The second kappa shape index (κ2) is 9.47. The summed E-state index contributed by atoms with van der Waals surface area (Å²) in [7, 11) is 0. The summed E-state index contributed by atoms with van der Waals surface area (Å²) in [4.78, 5) is 46.7. The van der Waals surface area contributed by atoms with Gasteiger partial charge in [-0.1, -0.05) is 41.9 Å². The molecule has 0 bridgehead atoms. The van der Waals surface area contributed by atoms with Crippen LogP contribution in [0.15, 0.2) is 48.5 Å². The monoisotopic (exact) mass is 405 g/mol. The van der Waals surface area contributed by atoms with Gasteiger partial charge in [0, 0.05) is 24.2 Å². The SMILES string of the molecule is CCNC(=O)NC(=O)[C@@H](OC(=O)c1ccc([N+](=O)[O-])cc1Cl)c1ccccc1. The number of benzene rings is 2. The largest absolute Gasteiger partial charge is 0.444 e. The number of hydrogen-bond donors (Lipinski definition) is 2. The highest BCUT2D eigenvalue weighted by Crippen LogP contribution is 2.26. The first kappa shape index (κ1) is 20.8. The third-order valence-electron chi connectivity index (χ3n) is 3.52. The van der Waals surface area contributed by atoms with Crippen molar-refractivity contribution in [2.24, 2.45) is 0 Å². The Labute approximate surface area is 164 Å². The van der Waals surface area contributed by atoms with Crippen LogP contribution in [0.4, 0.5) is 10.5 Å². The Bertz CT molecular complexity index is 903. The van der Waals surface area contributed by atoms with Crippen molar-refractivity contribution in [3.05, 3.63) is 74.8 Å². The Morgan fingerprint density at radius 1 is 1.18 bits per heavy atom. The molecule has 0 aliphatic carbocycles. The van der Waals surface area contributed by atoms with Crippen molar-refractivity contribution in [1.29, 1.82) is 0 Å². The van der Waals surface area contributed by atoms with Crippen LogP contribution < -0.4 is 10.6 Å². The Balaban J connectivity index is 2.27. The molecule has 1 atom stereocenters. The van der Waals surface area contributed by atoms with Crippen LogP contribution in [-0.2, 0) is 9.53 Å². The van der Waals surface area contributed by atoms with Gasteiger partial charge in [0.05, 0.1) is 15.5 Å². The van der Waals surface area contributed by atoms with Gasteiger partial charge in [-0.2, -0.15) is 0 Å². The molecule has 9 nitrogen and oxygen atoms in total. The molecule has 2 rings (SSSR count). The van der Waals surface area contributed by atoms with Gasteiger partial charge < -0.3 is 10.1 Å². The van der Waals surface area contributed by atoms with E-state index in [-0.39, 0.29) is 16.3 Å². The summed E-state index contributed by atoms with van der Waals surface area (Å²) in [5, 5.41) is 15.1. The standard InChI is InChI=1S/C18H16ClN3O6/c1-2-20-18(25)21-16(23)15(11-6-4-3-5-7-11)28-17(24)13-9-8-12(22(26)27)10-14(13)19/h3-10,15H,2H2,1H3,(H2,20,21,23,25)/t15-/m0/s1. The zero-order chi connectivity index (χ0) is 20.7. The molecule has 10 heteroatoms. The molecular weight excluding hydrogens is 390 g/mol. The molecule has 2 N–H and O–H groups in total. The molecule has 0 fully saturated rings. The van der Waals surface area contributed by atoms with E-state index >= 15 is 0 Å². The number of rotatable bonds is 6. The molecule has 0 aliphatic heterocycles. The third kappa shape index (κ3) is 5.27. The van der Waals surface area contributed by atoms with E-state index in [0.717, 1.165) is 18.2 Å². The second-order valence-corrected chi connectivity index (χ2v) is 5.87. The van der Waals surface area contributed by atoms with Crippen LogP contribution in [0, 0.1) is 10.1 Å². The number of nitrogens with one attached hydrogen (secondary N) is 2. The average molecular weight is 406 g/mol. The molecule has 0 saturated heterocycles. The van der Waals surface area contributed by atoms with Gasteiger partial charge in [-0.25, -0.2) is 9.59 Å². The van der Waals surface area contributed by atoms with E-state index < -0.39 is 28.9 Å². The van der Waals surface area contributed by atoms with Crippen molar-refractivity contribution < 1.29 is 24.0 Å². The number of nitro groups is 1. The number of hydrogen-bond acceptors (Lipinski definition) is 6. The quantitative estimate of drug-likeness (QED) is 0.432. The van der Waals surface area contributed by atoms with Gasteiger partial charge >= 0.3 is 12.0 Å². The molecular formula is C18H16ClN3O6. The predicted molar refractivity (Wildman–Crippen MR) is 99.9 cm³/mol. The van der Waals surface area contributed by atoms with Crippen LogP contribution in [0.3, 0.4) is 0 Å². The highest BCUT2D eigenvalue weighted by molar-refractivity contribution is 6.33. The highest BCUT2D eigenvalue weighted by atomic mass is 35.5. The number of carbonyl (C=O) groups excluding carboxylic acids is 3. The fourth-order valence-electron chi connectivity index (χ4n) is 2.24. The van der Waals surface area contributed by atoms with Crippen LogP contribution >= 0.6 is 11.6 Å². The number of imide groups is 1. The molecule has 3 amide bonds. The van der Waals surface area contributed by atoms with Gasteiger partial charge in [0.2, 0.25) is 6.10 Å². The van der Waals surface area contributed by atoms with E-state index in [1.54, 1.807) is 37.3 Å². The van der Waals surface area contributed by atoms with E-state index in [2.05, 4.69) is 10.6 Å². The van der Waals surface area contributed by atoms with Crippen LogP contribution in [0.25, 0.3) is 0 Å². The predicted octanol–water partition coefficient (Wildman–Crippen LogP) is 2.99. The smallest absolute Gasteiger partial charge is 0.340 e. The summed E-state index contributed by atoms with van der Waals surface area (Å²) >= 11 is 5.93. The van der Waals surface area contributed by atoms with Gasteiger partial charge in [-0.3, -0.25) is 20.2 Å². The summed E-state index contributed by atoms with van der Waals surface area (Å²) in [5.41, 5.74) is -0.121. The fraction of sp³-hybridized carbons (Fsp3) is 0.167. The van der Waals surface area contributed by atoms with E-state index in [1.165, 1.54) is 0 Å². The Morgan fingerprint density at radius 3 is 2.43 bits per heavy atom. The maximum Gasteiger partial charge on any atom is 0.340 e. The molecule has 0 aromatic heterocycles. The average Bonchev–Trinajstić information content (AvgIpc) is 2.66. The number of non-ortho nitro benzene ring substituents is 1. The summed E-state index contributed by atoms with van der Waals surface area (Å²) in [5.74, 6) is -1.83. The van der Waals surface area contributed by atoms with Crippen molar-refractivity contribution in [3.63, 3.8) is 0 Å². The van der Waals surface area contributed by atoms with Crippen molar-refractivity contribution in [1.82, 2.24) is 10.6 Å². The number of ether oxygens (including phenoxy) is 1. The Kier molecular flexibility index (Phi) is 7.05. The molecule has 0 radical (unpaired) electrons. The Hall–Kier alpha value is -3.46. The maximum atomic E-state index is 12.5. The van der Waals surface area contributed by atoms with Crippen LogP contribution in [0.2, 0.25) is 5.02 Å². The zero-order valence-corrected chi connectivity index (χ0v) is 15.4. The van der Waals surface area contributed by atoms with Crippen molar-refractivity contribution in [2.75, 3.05) is 6.54 Å². The molecule has 0 heterocycles. The van der Waals surface area contributed by atoms with Gasteiger partial charge in [0.1, 0.15) is 0 Å². The topological polar surface area (TPSA) is 128 Å². The minimum absolute atomic E-state index is 0.154. The number of urea groups is 1. The summed E-state index contributed by atoms with van der Waals surface area (Å²) in [6.45, 7) is 1.97. The van der Waals surface area contributed by atoms with Crippen LogP contribution in [0.1, 0.15) is 28.9 Å². The van der Waals surface area contributed by atoms with Gasteiger partial charge in [0.15, 0.2) is 0 Å². The minimum Gasteiger partial charge on any atom is -0.444 e. The lowest BCUT2D eigenvalue weighted by atomic mass is 10.1. The lowest BCUT2D eigenvalue weighted by molar-refractivity contribution is -0.384. The fourth-order valence-corrected chi connectivity index (χ4v) is 2.49. The molecule has 2 aromatic rings. The lowest BCUT2D eigenvalue weighted by Gasteiger charge is -2.18. The molecule has 0 unspecified atom stereocenters. The number of nitro benzene ring substituents is 1. The first-order valence-corrected chi connectivity index (χ1v) is 8.49. The summed E-state index contributed by atoms with van der Waals surface area (Å²) in [6.07, 6.45) is -1.43. The minimum atomic E-state index is -1.43. The molecule has 146 valence electrons. The van der Waals surface area contributed by atoms with E-state index in [4.69, 9.17) is 16.3 Å². The van der Waals surface area contributed by atoms with E-state index in [9.17, 15) is 24.5 Å². The molecule has 0 saturated carbocycles. The van der Waals surface area contributed by atoms with E-state index in [0.29, 0.717) is 12.1 Å². The number of halogens is 1. The van der Waals surface area contributed by atoms with Gasteiger partial charge in [-0.05, 0) is 13.0 Å². The molecule has 28 heavy (non-hydrogen) atoms. The number of amides is 3. The molecule has 2 aromatic carbocycles. The molecule has 0 spiro atoms. The van der Waals surface area contributed by atoms with Crippen LogP contribution in [-0.4, -0.2) is 29.4 Å².